The molecule has 1 fully saturated rings. The van der Waals surface area contributed by atoms with Crippen molar-refractivity contribution >= 4 is 28.6 Å². The maximum Gasteiger partial charge on any atom is 0.267 e. The minimum absolute atomic E-state index is 0.0773. The van der Waals surface area contributed by atoms with Gasteiger partial charge in [0.05, 0.1) is 17.5 Å². The molecule has 2 N–H and O–H groups in total. The van der Waals surface area contributed by atoms with E-state index in [1.165, 1.54) is 17.0 Å². The molecule has 3 amide bonds. The van der Waals surface area contributed by atoms with E-state index in [1.807, 2.05) is 12.1 Å². The molecule has 7 heteroatoms. The fourth-order valence-corrected chi connectivity index (χ4v) is 3.74. The molecule has 1 aromatic heterocycles. The number of hydrogen-bond donors (Lipinski definition) is 1. The van der Waals surface area contributed by atoms with Crippen LogP contribution in [-0.2, 0) is 16.1 Å². The molecule has 0 unspecified atom stereocenters. The van der Waals surface area contributed by atoms with E-state index >= 15 is 0 Å². The lowest BCUT2D eigenvalue weighted by atomic mass is 9.92. The SMILES string of the molecule is CC1(C)CC(=O)N(Cc2ccc3c(-c4ccc(F)cc4)cc(C(N)=O)nc3c2)C1=O. The third kappa shape index (κ3) is 3.43. The number of aromatic nitrogens is 1. The van der Waals surface area contributed by atoms with E-state index in [4.69, 9.17) is 5.73 Å². The number of fused-ring (bicyclic) bond motifs is 1. The quantitative estimate of drug-likeness (QED) is 0.673. The molecule has 0 spiro atoms. The highest BCUT2D eigenvalue weighted by atomic mass is 19.1. The molecule has 152 valence electrons. The molecular weight excluding hydrogens is 385 g/mol. The van der Waals surface area contributed by atoms with Gasteiger partial charge in [-0.05, 0) is 41.0 Å². The molecule has 0 radical (unpaired) electrons. The van der Waals surface area contributed by atoms with Crippen molar-refractivity contribution in [1.82, 2.24) is 9.88 Å². The summed E-state index contributed by atoms with van der Waals surface area (Å²) in [6.45, 7) is 3.64. The second-order valence-electron chi connectivity index (χ2n) is 8.12. The standard InChI is InChI=1S/C23H20FN3O3/c1-23(2)11-20(28)27(22(23)30)12-13-3-8-16-17(14-4-6-15(24)7-5-14)10-19(21(25)29)26-18(16)9-13/h3-10H,11-12H2,1-2H3,(H2,25,29). The molecule has 0 aliphatic carbocycles. The average Bonchev–Trinajstić information content (AvgIpc) is 2.89. The number of carbonyl (C=O) groups excluding carboxylic acids is 3. The summed E-state index contributed by atoms with van der Waals surface area (Å²) >= 11 is 0. The average molecular weight is 405 g/mol. The van der Waals surface area contributed by atoms with E-state index in [9.17, 15) is 18.8 Å². The van der Waals surface area contributed by atoms with Crippen LogP contribution < -0.4 is 5.73 Å². The van der Waals surface area contributed by atoms with Crippen LogP contribution in [0.1, 0.15) is 36.3 Å². The zero-order valence-electron chi connectivity index (χ0n) is 16.6. The topological polar surface area (TPSA) is 93.4 Å². The molecule has 2 heterocycles. The van der Waals surface area contributed by atoms with Crippen molar-refractivity contribution in [2.75, 3.05) is 0 Å². The van der Waals surface area contributed by atoms with Gasteiger partial charge in [-0.1, -0.05) is 38.1 Å². The first kappa shape index (κ1) is 19.7. The van der Waals surface area contributed by atoms with Crippen LogP contribution in [0.25, 0.3) is 22.0 Å². The molecule has 30 heavy (non-hydrogen) atoms. The summed E-state index contributed by atoms with van der Waals surface area (Å²) in [7, 11) is 0. The Morgan fingerprint density at radius 2 is 1.83 bits per heavy atom. The predicted molar refractivity (Wildman–Crippen MR) is 110 cm³/mol. The van der Waals surface area contributed by atoms with Crippen LogP contribution in [-0.4, -0.2) is 27.6 Å². The van der Waals surface area contributed by atoms with E-state index in [0.29, 0.717) is 22.2 Å². The Morgan fingerprint density at radius 1 is 1.13 bits per heavy atom. The fraction of sp³-hybridized carbons (Fsp3) is 0.217. The van der Waals surface area contributed by atoms with Crippen LogP contribution in [0, 0.1) is 11.2 Å². The predicted octanol–water partition coefficient (Wildman–Crippen LogP) is 3.42. The Bertz CT molecular complexity index is 1200. The number of amides is 3. The summed E-state index contributed by atoms with van der Waals surface area (Å²) < 4.78 is 13.3. The second-order valence-corrected chi connectivity index (χ2v) is 8.12. The number of primary amides is 1. The van der Waals surface area contributed by atoms with Crippen LogP contribution in [0.5, 0.6) is 0 Å². The smallest absolute Gasteiger partial charge is 0.267 e. The highest BCUT2D eigenvalue weighted by molar-refractivity contribution is 6.05. The van der Waals surface area contributed by atoms with Crippen molar-refractivity contribution in [3.63, 3.8) is 0 Å². The first-order valence-corrected chi connectivity index (χ1v) is 9.50. The van der Waals surface area contributed by atoms with Gasteiger partial charge in [0.15, 0.2) is 0 Å². The number of pyridine rings is 1. The lowest BCUT2D eigenvalue weighted by molar-refractivity contribution is -0.141. The largest absolute Gasteiger partial charge is 0.364 e. The number of halogens is 1. The van der Waals surface area contributed by atoms with Crippen LogP contribution >= 0.6 is 0 Å². The second kappa shape index (κ2) is 7.02. The zero-order chi connectivity index (χ0) is 21.6. The first-order chi connectivity index (χ1) is 14.2. The summed E-state index contributed by atoms with van der Waals surface area (Å²) in [5.74, 6) is -1.47. The maximum atomic E-state index is 13.3. The number of benzene rings is 2. The van der Waals surface area contributed by atoms with Gasteiger partial charge in [0.1, 0.15) is 11.5 Å². The number of hydrogen-bond acceptors (Lipinski definition) is 4. The maximum absolute atomic E-state index is 13.3. The molecule has 0 bridgehead atoms. The normalized spacial score (nSPS) is 15.8. The number of nitrogens with two attached hydrogens (primary N) is 1. The Morgan fingerprint density at radius 3 is 2.43 bits per heavy atom. The van der Waals surface area contributed by atoms with Crippen LogP contribution in [0.3, 0.4) is 0 Å². The molecule has 0 saturated carbocycles. The summed E-state index contributed by atoms with van der Waals surface area (Å²) in [5.41, 5.74) is 7.44. The van der Waals surface area contributed by atoms with E-state index in [0.717, 1.165) is 5.39 Å². The molecule has 6 nitrogen and oxygen atoms in total. The molecular formula is C23H20FN3O3. The van der Waals surface area contributed by atoms with Gasteiger partial charge < -0.3 is 5.73 Å². The first-order valence-electron chi connectivity index (χ1n) is 9.50. The summed E-state index contributed by atoms with van der Waals surface area (Å²) in [6, 6.07) is 12.9. The molecule has 2 aromatic carbocycles. The van der Waals surface area contributed by atoms with Crippen molar-refractivity contribution in [2.24, 2.45) is 11.1 Å². The summed E-state index contributed by atoms with van der Waals surface area (Å²) in [5, 5.41) is 0.745. The fourth-order valence-electron chi connectivity index (χ4n) is 3.74. The van der Waals surface area contributed by atoms with Crippen LogP contribution in [0.15, 0.2) is 48.5 Å². The summed E-state index contributed by atoms with van der Waals surface area (Å²) in [4.78, 5) is 42.2. The summed E-state index contributed by atoms with van der Waals surface area (Å²) in [6.07, 6.45) is 0.179. The van der Waals surface area contributed by atoms with Gasteiger partial charge in [-0.15, -0.1) is 0 Å². The number of nitrogens with zero attached hydrogens (tertiary/aromatic N) is 2. The van der Waals surface area contributed by atoms with Crippen molar-refractivity contribution in [3.8, 4) is 11.1 Å². The molecule has 1 aliphatic heterocycles. The van der Waals surface area contributed by atoms with Gasteiger partial charge in [-0.2, -0.15) is 0 Å². The van der Waals surface area contributed by atoms with Crippen LogP contribution in [0.2, 0.25) is 0 Å². The van der Waals surface area contributed by atoms with E-state index in [-0.39, 0.29) is 36.3 Å². The Kier molecular flexibility index (Phi) is 4.61. The Hall–Kier alpha value is -3.61. The minimum atomic E-state index is -0.707. The lowest BCUT2D eigenvalue weighted by Gasteiger charge is -2.18. The van der Waals surface area contributed by atoms with Crippen molar-refractivity contribution in [3.05, 3.63) is 65.6 Å². The van der Waals surface area contributed by atoms with Gasteiger partial charge in [-0.3, -0.25) is 19.3 Å². The molecule has 0 atom stereocenters. The monoisotopic (exact) mass is 405 g/mol. The highest BCUT2D eigenvalue weighted by Crippen LogP contribution is 2.34. The minimum Gasteiger partial charge on any atom is -0.364 e. The van der Waals surface area contributed by atoms with Crippen molar-refractivity contribution in [2.45, 2.75) is 26.8 Å². The molecule has 4 rings (SSSR count). The van der Waals surface area contributed by atoms with E-state index < -0.39 is 11.3 Å². The lowest BCUT2D eigenvalue weighted by Crippen LogP contribution is -2.32. The van der Waals surface area contributed by atoms with E-state index in [2.05, 4.69) is 4.98 Å². The molecule has 1 aliphatic rings. The highest BCUT2D eigenvalue weighted by Gasteiger charge is 2.44. The third-order valence-electron chi connectivity index (χ3n) is 5.34. The van der Waals surface area contributed by atoms with Crippen molar-refractivity contribution in [1.29, 1.82) is 0 Å². The Labute approximate surface area is 172 Å². The van der Waals surface area contributed by atoms with Gasteiger partial charge in [0, 0.05) is 11.8 Å². The zero-order valence-corrected chi connectivity index (χ0v) is 16.6. The van der Waals surface area contributed by atoms with Gasteiger partial charge >= 0.3 is 0 Å². The van der Waals surface area contributed by atoms with E-state index in [1.54, 1.807) is 38.1 Å². The van der Waals surface area contributed by atoms with Gasteiger partial charge in [0.25, 0.3) is 5.91 Å². The molecule has 1 saturated heterocycles. The number of carbonyl (C=O) groups is 3. The Balaban J connectivity index is 1.79. The number of likely N-dealkylation sites (tertiary alicyclic amines) is 1. The van der Waals surface area contributed by atoms with Crippen molar-refractivity contribution < 1.29 is 18.8 Å². The van der Waals surface area contributed by atoms with Gasteiger partial charge in [-0.25, -0.2) is 9.37 Å². The van der Waals surface area contributed by atoms with Crippen LogP contribution in [0.4, 0.5) is 4.39 Å². The third-order valence-corrected chi connectivity index (χ3v) is 5.34. The van der Waals surface area contributed by atoms with Gasteiger partial charge in [0.2, 0.25) is 11.8 Å². The number of rotatable bonds is 4. The number of imide groups is 1. The molecule has 3 aromatic rings.